The number of carbonyl (C=O) groups is 1. The standard InChI is InChI=1S/C9H7Cl3N6O/c1-18-8-4(2-15-18)7(13-3-14-8)16-17-9(19)5(10)6(11)12/h2-3H,1H3,(H,17,19)(H,13,14,16). The first kappa shape index (κ1) is 13.9. The Morgan fingerprint density at radius 3 is 2.74 bits per heavy atom. The Bertz CT molecular complexity index is 663. The lowest BCUT2D eigenvalue weighted by molar-refractivity contribution is -0.116. The van der Waals surface area contributed by atoms with E-state index in [2.05, 4.69) is 25.9 Å². The second-order valence-corrected chi connectivity index (χ2v) is 4.71. The van der Waals surface area contributed by atoms with Crippen LogP contribution in [0, 0.1) is 0 Å². The van der Waals surface area contributed by atoms with Gasteiger partial charge in [-0.25, -0.2) is 9.97 Å². The number of nitrogens with zero attached hydrogens (tertiary/aromatic N) is 4. The summed E-state index contributed by atoms with van der Waals surface area (Å²) in [6.07, 6.45) is 2.90. The van der Waals surface area contributed by atoms with Crippen LogP contribution in [0.1, 0.15) is 0 Å². The maximum absolute atomic E-state index is 11.5. The molecule has 100 valence electrons. The Kier molecular flexibility index (Phi) is 4.08. The molecule has 7 nitrogen and oxygen atoms in total. The summed E-state index contributed by atoms with van der Waals surface area (Å²) in [5, 5.41) is 4.35. The maximum Gasteiger partial charge on any atom is 0.283 e. The number of aryl methyl sites for hydroxylation is 1. The van der Waals surface area contributed by atoms with E-state index in [1.807, 2.05) is 0 Å². The lowest BCUT2D eigenvalue weighted by atomic mass is 10.4. The van der Waals surface area contributed by atoms with Crippen molar-refractivity contribution in [3.05, 3.63) is 22.0 Å². The van der Waals surface area contributed by atoms with Crippen LogP contribution >= 0.6 is 34.8 Å². The van der Waals surface area contributed by atoms with E-state index in [0.29, 0.717) is 16.9 Å². The van der Waals surface area contributed by atoms with Gasteiger partial charge in [0, 0.05) is 7.05 Å². The van der Waals surface area contributed by atoms with E-state index in [-0.39, 0.29) is 9.52 Å². The van der Waals surface area contributed by atoms with Gasteiger partial charge in [-0.15, -0.1) is 0 Å². The molecule has 0 unspecified atom stereocenters. The van der Waals surface area contributed by atoms with E-state index in [9.17, 15) is 4.79 Å². The minimum atomic E-state index is -0.683. The van der Waals surface area contributed by atoms with Gasteiger partial charge in [0.2, 0.25) is 0 Å². The third kappa shape index (κ3) is 2.89. The highest BCUT2D eigenvalue weighted by molar-refractivity contribution is 6.62. The normalized spacial score (nSPS) is 10.3. The number of hydrogen-bond donors (Lipinski definition) is 2. The van der Waals surface area contributed by atoms with E-state index in [1.54, 1.807) is 17.9 Å². The Hall–Kier alpha value is -1.57. The van der Waals surface area contributed by atoms with Crippen LogP contribution in [0.15, 0.2) is 22.0 Å². The average molecular weight is 322 g/mol. The van der Waals surface area contributed by atoms with Gasteiger partial charge >= 0.3 is 0 Å². The van der Waals surface area contributed by atoms with Gasteiger partial charge in [-0.2, -0.15) is 5.10 Å². The highest BCUT2D eigenvalue weighted by Gasteiger charge is 2.12. The van der Waals surface area contributed by atoms with Gasteiger partial charge in [-0.1, -0.05) is 34.8 Å². The third-order valence-corrected chi connectivity index (χ3v) is 3.12. The fourth-order valence-corrected chi connectivity index (χ4v) is 1.54. The number of anilines is 1. The Balaban J connectivity index is 2.19. The fraction of sp³-hybridized carbons (Fsp3) is 0.111. The van der Waals surface area contributed by atoms with Crippen LogP contribution in [-0.2, 0) is 11.8 Å². The van der Waals surface area contributed by atoms with Gasteiger partial charge in [0.05, 0.1) is 11.6 Å². The monoisotopic (exact) mass is 320 g/mol. The van der Waals surface area contributed by atoms with Crippen molar-refractivity contribution >= 4 is 57.6 Å². The predicted molar refractivity (Wildman–Crippen MR) is 72.7 cm³/mol. The molecule has 2 heterocycles. The molecule has 1 amide bonds. The molecule has 0 aliphatic heterocycles. The number of halogens is 3. The Morgan fingerprint density at radius 1 is 1.32 bits per heavy atom. The molecule has 0 aliphatic rings. The molecule has 0 spiro atoms. The van der Waals surface area contributed by atoms with Gasteiger partial charge in [-0.05, 0) is 0 Å². The molecule has 0 aliphatic carbocycles. The van der Waals surface area contributed by atoms with Crippen molar-refractivity contribution in [3.63, 3.8) is 0 Å². The maximum atomic E-state index is 11.5. The van der Waals surface area contributed by atoms with E-state index in [0.717, 1.165) is 0 Å². The summed E-state index contributed by atoms with van der Waals surface area (Å²) in [7, 11) is 1.74. The molecule has 0 fully saturated rings. The number of amides is 1. The summed E-state index contributed by atoms with van der Waals surface area (Å²) in [4.78, 5) is 19.5. The summed E-state index contributed by atoms with van der Waals surface area (Å²) in [6.45, 7) is 0. The van der Waals surface area contributed by atoms with E-state index < -0.39 is 5.91 Å². The molecule has 2 aromatic rings. The summed E-state index contributed by atoms with van der Waals surface area (Å²) in [5.41, 5.74) is 5.52. The molecule has 10 heteroatoms. The van der Waals surface area contributed by atoms with Crippen LogP contribution in [0.25, 0.3) is 11.0 Å². The van der Waals surface area contributed by atoms with Crippen LogP contribution in [0.3, 0.4) is 0 Å². The molecule has 2 aromatic heterocycles. The Morgan fingerprint density at radius 2 is 2.05 bits per heavy atom. The van der Waals surface area contributed by atoms with E-state index in [1.165, 1.54) is 6.33 Å². The largest absolute Gasteiger partial charge is 0.283 e. The Labute approximate surface area is 122 Å². The molecule has 19 heavy (non-hydrogen) atoms. The lowest BCUT2D eigenvalue weighted by Gasteiger charge is -2.07. The molecule has 2 rings (SSSR count). The summed E-state index contributed by atoms with van der Waals surface area (Å²) < 4.78 is 1.25. The van der Waals surface area contributed by atoms with Crippen molar-refractivity contribution in [2.75, 3.05) is 5.43 Å². The van der Waals surface area contributed by atoms with Crippen molar-refractivity contribution in [1.82, 2.24) is 25.2 Å². The van der Waals surface area contributed by atoms with E-state index in [4.69, 9.17) is 34.8 Å². The number of carbonyl (C=O) groups excluding carboxylic acids is 1. The van der Waals surface area contributed by atoms with Gasteiger partial charge in [0.1, 0.15) is 15.9 Å². The quantitative estimate of drug-likeness (QED) is 0.664. The summed E-state index contributed by atoms with van der Waals surface area (Å²) >= 11 is 16.3. The van der Waals surface area contributed by atoms with Crippen LogP contribution in [0.5, 0.6) is 0 Å². The number of rotatable bonds is 3. The van der Waals surface area contributed by atoms with Crippen LogP contribution in [0.2, 0.25) is 0 Å². The molecule has 0 atom stereocenters. The van der Waals surface area contributed by atoms with Crippen molar-refractivity contribution in [2.24, 2.45) is 7.05 Å². The topological polar surface area (TPSA) is 84.7 Å². The number of hydrogen-bond acceptors (Lipinski definition) is 5. The number of hydrazine groups is 1. The highest BCUT2D eigenvalue weighted by atomic mass is 35.5. The van der Waals surface area contributed by atoms with Gasteiger partial charge < -0.3 is 0 Å². The molecule has 0 bridgehead atoms. The highest BCUT2D eigenvalue weighted by Crippen LogP contribution is 2.19. The van der Waals surface area contributed by atoms with Crippen LogP contribution in [-0.4, -0.2) is 25.7 Å². The molecule has 0 radical (unpaired) electrons. The first-order valence-electron chi connectivity index (χ1n) is 4.90. The van der Waals surface area contributed by atoms with Crippen LogP contribution < -0.4 is 10.9 Å². The minimum absolute atomic E-state index is 0.324. The SMILES string of the molecule is Cn1ncc2c(NNC(=O)C(Cl)=C(Cl)Cl)ncnc21. The second kappa shape index (κ2) is 5.60. The molecule has 0 saturated heterocycles. The zero-order valence-corrected chi connectivity index (χ0v) is 11.8. The van der Waals surface area contributed by atoms with Gasteiger partial charge in [-0.3, -0.25) is 20.3 Å². The second-order valence-electron chi connectivity index (χ2n) is 3.38. The zero-order chi connectivity index (χ0) is 14.0. The van der Waals surface area contributed by atoms with Crippen molar-refractivity contribution in [1.29, 1.82) is 0 Å². The smallest absolute Gasteiger partial charge is 0.281 e. The molecule has 0 saturated carbocycles. The predicted octanol–water partition coefficient (Wildman–Crippen LogP) is 1.69. The fourth-order valence-electron chi connectivity index (χ4n) is 1.32. The van der Waals surface area contributed by atoms with Crippen molar-refractivity contribution < 1.29 is 4.79 Å². The molecular weight excluding hydrogens is 314 g/mol. The third-order valence-electron chi connectivity index (χ3n) is 2.19. The van der Waals surface area contributed by atoms with Crippen molar-refractivity contribution in [2.45, 2.75) is 0 Å². The molecule has 0 aromatic carbocycles. The first-order chi connectivity index (χ1) is 9.00. The molecule has 2 N–H and O–H groups in total. The summed E-state index contributed by atoms with van der Waals surface area (Å²) in [5.74, 6) is -0.307. The summed E-state index contributed by atoms with van der Waals surface area (Å²) in [6, 6.07) is 0. The average Bonchev–Trinajstić information content (AvgIpc) is 2.77. The van der Waals surface area contributed by atoms with Gasteiger partial charge in [0.15, 0.2) is 11.5 Å². The van der Waals surface area contributed by atoms with E-state index >= 15 is 0 Å². The first-order valence-corrected chi connectivity index (χ1v) is 6.04. The van der Waals surface area contributed by atoms with Crippen molar-refractivity contribution in [3.8, 4) is 0 Å². The molecular formula is C9H7Cl3N6O. The van der Waals surface area contributed by atoms with Crippen LogP contribution in [0.4, 0.5) is 5.82 Å². The number of aromatic nitrogens is 4. The number of fused-ring (bicyclic) bond motifs is 1. The van der Waals surface area contributed by atoms with Gasteiger partial charge in [0.25, 0.3) is 5.91 Å². The number of nitrogens with one attached hydrogen (secondary N) is 2. The zero-order valence-electron chi connectivity index (χ0n) is 9.49. The minimum Gasteiger partial charge on any atom is -0.281 e. The lowest BCUT2D eigenvalue weighted by Crippen LogP contribution is -2.30.